The molecule has 0 amide bonds. The van der Waals surface area contributed by atoms with E-state index in [1.54, 1.807) is 0 Å². The summed E-state index contributed by atoms with van der Waals surface area (Å²) in [5, 5.41) is 7.14. The van der Waals surface area contributed by atoms with Crippen LogP contribution in [0.25, 0.3) is 71.3 Å². The molecule has 11 rings (SSSR count). The smallest absolute Gasteiger partial charge is 0.143 e. The molecule has 2 aliphatic carbocycles. The summed E-state index contributed by atoms with van der Waals surface area (Å²) < 4.78 is 6.78. The molecule has 2 aliphatic rings. The molecule has 0 aliphatic heterocycles. The van der Waals surface area contributed by atoms with Crippen molar-refractivity contribution in [2.45, 2.75) is 12.8 Å². The van der Waals surface area contributed by atoms with Crippen LogP contribution in [-0.4, -0.2) is 0 Å². The van der Waals surface area contributed by atoms with Crippen molar-refractivity contribution < 1.29 is 4.42 Å². The molecule has 2 nitrogen and oxygen atoms in total. The fraction of sp³-hybridized carbons (Fsp3) is 0.0714. The highest BCUT2D eigenvalue weighted by Gasteiger charge is 2.22. The summed E-state index contributed by atoms with van der Waals surface area (Å²) in [6.07, 6.45) is 18.3. The minimum absolute atomic E-state index is 0.545. The average molecular weight is 744 g/mol. The Labute approximate surface area is 339 Å². The van der Waals surface area contributed by atoms with Gasteiger partial charge in [-0.2, -0.15) is 0 Å². The van der Waals surface area contributed by atoms with Crippen molar-refractivity contribution in [3.63, 3.8) is 0 Å². The number of fused-ring (bicyclic) bond motifs is 5. The summed E-state index contributed by atoms with van der Waals surface area (Å²) in [4.78, 5) is 2.39. The SMILES string of the molecule is C1=CCC(C2C=CC(c3ccc(N(c4ccc(-c5cccc6ccccc56)cc4)c4ccccc4-c4cccc5c4oc4cc6ccccc6cc45)cc3)=CC2)C=C1. The topological polar surface area (TPSA) is 16.4 Å². The van der Waals surface area contributed by atoms with Gasteiger partial charge in [0.15, 0.2) is 0 Å². The number of allylic oxidation sites excluding steroid dienone is 8. The minimum atomic E-state index is 0.545. The molecule has 2 heteroatoms. The summed E-state index contributed by atoms with van der Waals surface area (Å²) in [7, 11) is 0. The lowest BCUT2D eigenvalue weighted by molar-refractivity contribution is 0.478. The molecule has 1 aromatic heterocycles. The fourth-order valence-electron chi connectivity index (χ4n) is 9.17. The van der Waals surface area contributed by atoms with Gasteiger partial charge in [-0.05, 0) is 111 Å². The Hall–Kier alpha value is -7.16. The number of hydrogen-bond donors (Lipinski definition) is 0. The molecule has 0 radical (unpaired) electrons. The zero-order valence-electron chi connectivity index (χ0n) is 32.1. The van der Waals surface area contributed by atoms with E-state index in [0.29, 0.717) is 11.8 Å². The first-order valence-electron chi connectivity index (χ1n) is 20.4. The molecule has 1 heterocycles. The van der Waals surface area contributed by atoms with Crippen LogP contribution in [-0.2, 0) is 0 Å². The highest BCUT2D eigenvalue weighted by atomic mass is 16.3. The number of anilines is 3. The van der Waals surface area contributed by atoms with Gasteiger partial charge in [0.2, 0.25) is 0 Å². The molecule has 58 heavy (non-hydrogen) atoms. The first-order valence-corrected chi connectivity index (χ1v) is 20.4. The van der Waals surface area contributed by atoms with Crippen LogP contribution < -0.4 is 4.90 Å². The van der Waals surface area contributed by atoms with E-state index in [0.717, 1.165) is 63.0 Å². The van der Waals surface area contributed by atoms with Gasteiger partial charge in [-0.15, -0.1) is 0 Å². The predicted molar refractivity (Wildman–Crippen MR) is 246 cm³/mol. The van der Waals surface area contributed by atoms with Crippen molar-refractivity contribution in [1.29, 1.82) is 0 Å². The van der Waals surface area contributed by atoms with Crippen LogP contribution in [0.15, 0.2) is 217 Å². The van der Waals surface area contributed by atoms with E-state index in [9.17, 15) is 0 Å². The van der Waals surface area contributed by atoms with Crippen molar-refractivity contribution in [2.24, 2.45) is 11.8 Å². The van der Waals surface area contributed by atoms with Crippen LogP contribution >= 0.6 is 0 Å². The Morgan fingerprint density at radius 2 is 1.10 bits per heavy atom. The van der Waals surface area contributed by atoms with Crippen LogP contribution in [0.2, 0.25) is 0 Å². The zero-order valence-corrected chi connectivity index (χ0v) is 32.1. The summed E-state index contributed by atoms with van der Waals surface area (Å²) in [6.45, 7) is 0. The Morgan fingerprint density at radius 1 is 0.466 bits per heavy atom. The number of nitrogens with zero attached hydrogens (tertiary/aromatic N) is 1. The Balaban J connectivity index is 1.02. The van der Waals surface area contributed by atoms with Crippen molar-refractivity contribution in [2.75, 3.05) is 4.90 Å². The van der Waals surface area contributed by atoms with Gasteiger partial charge in [0, 0.05) is 33.3 Å². The third kappa shape index (κ3) is 6.06. The fourth-order valence-corrected chi connectivity index (χ4v) is 9.17. The third-order valence-electron chi connectivity index (χ3n) is 12.2. The summed E-state index contributed by atoms with van der Waals surface area (Å²) >= 11 is 0. The lowest BCUT2D eigenvalue weighted by Crippen LogP contribution is -2.12. The maximum Gasteiger partial charge on any atom is 0.143 e. The molecular weight excluding hydrogens is 703 g/mol. The Bertz CT molecular complexity index is 3110. The first-order chi connectivity index (χ1) is 28.7. The summed E-state index contributed by atoms with van der Waals surface area (Å²) in [6, 6.07) is 61.5. The van der Waals surface area contributed by atoms with Crippen LogP contribution in [0, 0.1) is 11.8 Å². The van der Waals surface area contributed by atoms with Crippen molar-refractivity contribution in [1.82, 2.24) is 0 Å². The maximum atomic E-state index is 6.78. The quantitative estimate of drug-likeness (QED) is 0.162. The van der Waals surface area contributed by atoms with Crippen LogP contribution in [0.3, 0.4) is 0 Å². The van der Waals surface area contributed by atoms with Gasteiger partial charge in [-0.3, -0.25) is 0 Å². The number of para-hydroxylation sites is 2. The monoisotopic (exact) mass is 743 g/mol. The highest BCUT2D eigenvalue weighted by Crippen LogP contribution is 2.45. The normalized spacial score (nSPS) is 16.4. The molecule has 2 atom stereocenters. The average Bonchev–Trinajstić information content (AvgIpc) is 3.67. The largest absolute Gasteiger partial charge is 0.455 e. The van der Waals surface area contributed by atoms with Gasteiger partial charge in [-0.25, -0.2) is 0 Å². The lowest BCUT2D eigenvalue weighted by Gasteiger charge is -2.28. The number of hydrogen-bond acceptors (Lipinski definition) is 2. The Morgan fingerprint density at radius 3 is 1.88 bits per heavy atom. The molecule has 2 unspecified atom stereocenters. The van der Waals surface area contributed by atoms with Gasteiger partial charge in [0.05, 0.1) is 5.69 Å². The van der Waals surface area contributed by atoms with Crippen LogP contribution in [0.1, 0.15) is 18.4 Å². The van der Waals surface area contributed by atoms with Crippen LogP contribution in [0.4, 0.5) is 17.1 Å². The van der Waals surface area contributed by atoms with E-state index >= 15 is 0 Å². The number of rotatable bonds is 7. The van der Waals surface area contributed by atoms with Gasteiger partial charge in [0.1, 0.15) is 11.2 Å². The molecule has 0 fully saturated rings. The molecule has 0 spiro atoms. The molecule has 0 saturated carbocycles. The second-order valence-electron chi connectivity index (χ2n) is 15.6. The standard InChI is InChI=1S/C56H41NO/c1-2-12-38(13-3-1)39-24-26-40(27-25-39)41-28-32-46(33-29-41)57(47-34-30-43(31-35-47)49-20-10-17-42-14-6-7-18-48(42)49)54-23-9-8-19-50(54)51-21-11-22-52-53-36-44-15-4-5-16-45(44)37-55(53)58-56(51)52/h1-12,14-24,26-39H,13,25H2. The van der Waals surface area contributed by atoms with Gasteiger partial charge in [0.25, 0.3) is 0 Å². The second kappa shape index (κ2) is 14.4. The van der Waals surface area contributed by atoms with E-state index in [4.69, 9.17) is 4.42 Å². The van der Waals surface area contributed by atoms with E-state index in [1.165, 1.54) is 43.8 Å². The molecule has 9 aromatic rings. The molecule has 0 saturated heterocycles. The summed E-state index contributed by atoms with van der Waals surface area (Å²) in [5.41, 5.74) is 12.2. The number of furan rings is 1. The zero-order chi connectivity index (χ0) is 38.4. The minimum Gasteiger partial charge on any atom is -0.455 e. The van der Waals surface area contributed by atoms with E-state index < -0.39 is 0 Å². The van der Waals surface area contributed by atoms with E-state index in [2.05, 4.69) is 217 Å². The van der Waals surface area contributed by atoms with Crippen molar-refractivity contribution in [3.8, 4) is 22.3 Å². The van der Waals surface area contributed by atoms with E-state index in [1.807, 2.05) is 0 Å². The van der Waals surface area contributed by atoms with E-state index in [-0.39, 0.29) is 0 Å². The van der Waals surface area contributed by atoms with Gasteiger partial charge < -0.3 is 9.32 Å². The lowest BCUT2D eigenvalue weighted by atomic mass is 9.81. The molecular formula is C56H41NO. The molecule has 0 bridgehead atoms. The predicted octanol–water partition coefficient (Wildman–Crippen LogP) is 15.8. The highest BCUT2D eigenvalue weighted by molar-refractivity contribution is 6.14. The molecule has 0 N–H and O–H groups in total. The first kappa shape index (κ1) is 34.1. The molecule has 8 aromatic carbocycles. The second-order valence-corrected chi connectivity index (χ2v) is 15.6. The maximum absolute atomic E-state index is 6.78. The number of benzene rings is 8. The van der Waals surface area contributed by atoms with Gasteiger partial charge in [-0.1, -0.05) is 170 Å². The molecule has 276 valence electrons. The third-order valence-corrected chi connectivity index (χ3v) is 12.2. The van der Waals surface area contributed by atoms with Crippen molar-refractivity contribution >= 4 is 66.1 Å². The van der Waals surface area contributed by atoms with Crippen molar-refractivity contribution in [3.05, 3.63) is 218 Å². The van der Waals surface area contributed by atoms with Gasteiger partial charge >= 0.3 is 0 Å². The Kier molecular flexibility index (Phi) is 8.47. The summed E-state index contributed by atoms with van der Waals surface area (Å²) in [5.74, 6) is 1.12. The van der Waals surface area contributed by atoms with Crippen LogP contribution in [0.5, 0.6) is 0 Å².